The van der Waals surface area contributed by atoms with E-state index in [0.717, 1.165) is 161 Å². The largest absolute Gasteiger partial charge is 0.380 e. The number of nitrogens with two attached hydrogens (primary N) is 4. The molecule has 10 aromatic carbocycles. The number of nitrogens with one attached hydrogen (secondary N) is 7. The number of hydrogen-bond acceptors (Lipinski definition) is 17. The molecule has 26 heteroatoms. The fraction of sp³-hybridized carbons (Fsp3) is 0.248. The third-order valence-corrected chi connectivity index (χ3v) is 26.2. The summed E-state index contributed by atoms with van der Waals surface area (Å²) in [7, 11) is 0. The molecule has 3 atom stereocenters. The van der Waals surface area contributed by atoms with E-state index in [9.17, 15) is 24.3 Å². The van der Waals surface area contributed by atoms with Crippen molar-refractivity contribution in [3.05, 3.63) is 427 Å². The number of benzene rings is 10. The second kappa shape index (κ2) is 45.1. The summed E-state index contributed by atoms with van der Waals surface area (Å²) in [5.74, 6) is 2.13. The van der Waals surface area contributed by atoms with E-state index in [1.165, 1.54) is 68.1 Å². The minimum atomic E-state index is -1.12. The van der Waals surface area contributed by atoms with E-state index in [-0.39, 0.29) is 35.7 Å². The Morgan fingerprint density at radius 2 is 0.791 bits per heavy atom. The zero-order chi connectivity index (χ0) is 96.3. The second-order valence-corrected chi connectivity index (χ2v) is 37.4. The fourth-order valence-corrected chi connectivity index (χ4v) is 18.0. The van der Waals surface area contributed by atoms with Gasteiger partial charge in [0.15, 0.2) is 0 Å². The highest BCUT2D eigenvalue weighted by molar-refractivity contribution is 7.09. The first-order valence-electron chi connectivity index (χ1n) is 47.9. The number of aliphatic hydroxyl groups is 1. The Kier molecular flexibility index (Phi) is 31.1. The molecule has 0 saturated heterocycles. The van der Waals surface area contributed by atoms with Gasteiger partial charge in [0, 0.05) is 72.9 Å². The zero-order valence-electron chi connectivity index (χ0n) is 78.8. The third-order valence-electron chi connectivity index (χ3n) is 25.4. The van der Waals surface area contributed by atoms with Crippen molar-refractivity contribution in [2.75, 3.05) is 34.4 Å². The molecule has 25 nitrogen and oxygen atoms in total. The monoisotopic (exact) mass is 1870 g/mol. The first-order valence-corrected chi connectivity index (χ1v) is 48.8. The van der Waals surface area contributed by atoms with Crippen molar-refractivity contribution >= 4 is 63.3 Å². The highest BCUT2D eigenvalue weighted by atomic mass is 32.1. The Morgan fingerprint density at radius 1 is 0.410 bits per heavy atom. The predicted molar refractivity (Wildman–Crippen MR) is 553 cm³/mol. The van der Waals surface area contributed by atoms with Crippen LogP contribution in [0.2, 0.25) is 0 Å². The predicted octanol–water partition coefficient (Wildman–Crippen LogP) is 20.2. The molecule has 6 aromatic heterocycles. The van der Waals surface area contributed by atoms with E-state index in [1.54, 1.807) is 54.3 Å². The first-order chi connectivity index (χ1) is 67.8. The lowest BCUT2D eigenvalue weighted by Gasteiger charge is -2.30. The average Bonchev–Trinajstić information content (AvgIpc) is 1.50. The van der Waals surface area contributed by atoms with E-state index >= 15 is 0 Å². The molecule has 3 unspecified atom stereocenters. The number of aryl methyl sites for hydroxylation is 4. The smallest absolute Gasteiger partial charge is 0.274 e. The van der Waals surface area contributed by atoms with Crippen molar-refractivity contribution < 1.29 is 24.3 Å². The van der Waals surface area contributed by atoms with Gasteiger partial charge in [0.1, 0.15) is 33.4 Å². The van der Waals surface area contributed by atoms with Crippen molar-refractivity contribution in [1.29, 1.82) is 0 Å². The Bertz CT molecular complexity index is 6720. The van der Waals surface area contributed by atoms with Crippen LogP contribution in [0.5, 0.6) is 0 Å². The van der Waals surface area contributed by atoms with Crippen molar-refractivity contribution in [2.45, 2.75) is 142 Å². The summed E-state index contributed by atoms with van der Waals surface area (Å²) in [6.07, 6.45) is 21.1. The number of rotatable bonds is 35. The summed E-state index contributed by atoms with van der Waals surface area (Å²) in [6.45, 7) is 11.2. The van der Waals surface area contributed by atoms with Gasteiger partial charge in [-0.15, -0.1) is 11.3 Å². The Labute approximate surface area is 815 Å². The Balaban J connectivity index is 0.000000128. The molecule has 4 aliphatic carbocycles. The second-order valence-electron chi connectivity index (χ2n) is 36.5. The Hall–Kier alpha value is -14.7. The highest BCUT2D eigenvalue weighted by Gasteiger charge is 2.36. The maximum atomic E-state index is 13.4. The molecule has 708 valence electrons. The molecule has 16 N–H and O–H groups in total. The van der Waals surface area contributed by atoms with Crippen molar-refractivity contribution in [1.82, 2.24) is 59.7 Å². The third kappa shape index (κ3) is 25.2. The quantitative estimate of drug-likeness (QED) is 0.0176. The lowest BCUT2D eigenvalue weighted by Crippen LogP contribution is -2.28. The highest BCUT2D eigenvalue weighted by Crippen LogP contribution is 2.43. The molecule has 4 saturated carbocycles. The molecule has 0 spiro atoms. The van der Waals surface area contributed by atoms with Gasteiger partial charge in [0.2, 0.25) is 0 Å². The van der Waals surface area contributed by atoms with Crippen LogP contribution >= 0.6 is 11.3 Å². The topological polar surface area (TPSA) is 365 Å². The summed E-state index contributed by atoms with van der Waals surface area (Å²) >= 11 is 1.64. The molecule has 6 heterocycles. The molecule has 139 heavy (non-hydrogen) atoms. The van der Waals surface area contributed by atoms with Crippen LogP contribution < -0.4 is 54.8 Å². The van der Waals surface area contributed by atoms with Crippen molar-refractivity contribution in [2.24, 2.45) is 46.6 Å². The molecule has 4 fully saturated rings. The van der Waals surface area contributed by atoms with E-state index < -0.39 is 5.60 Å². The van der Waals surface area contributed by atoms with E-state index in [2.05, 4.69) is 117 Å². The molecule has 0 aliphatic heterocycles. The summed E-state index contributed by atoms with van der Waals surface area (Å²) in [6, 6.07) is 92.2. The van der Waals surface area contributed by atoms with Crippen LogP contribution in [0.15, 0.2) is 315 Å². The number of allylic oxidation sites excluding steroid dienone is 1. The van der Waals surface area contributed by atoms with Crippen LogP contribution in [0.3, 0.4) is 0 Å². The standard InChI is InChI=1S/C30H32N4O2.C30H30N4O.C27H30N6O.C26H28N6OS/c1-21-17-28(34(33-21)27-12-5-7-23(18-27)20-31)29(35)32-26-11-6-10-25(19-26)30(36,16-15-22-13-14-22)24-8-3-2-4-9-24;1-21-17-29(34(33-21)27-12-5-7-23(18-27)20-31)30(35)32-26-11-6-10-25(19-26)28(16-15-22-13-14-22)24-8-3-2-4-9-24;1-18-12-25(33(32-18)24-7-2-4-20(13-24)15-28)27(34)31-23-6-3-5-21(14-23)26(22-10-11-29-17-22)30-16-19-8-9-19;1-17-12-23(32(31-17)22-7-2-4-19(13-22)15-27)25(33)30-21-6-3-5-20(14-21)24(26-28-10-11-34-26)29-16-18-8-9-18/h2-12,17-19,22,36H,13-16,20,31H2,1H3,(H,32,35);2-12,16-19,22H,13-15,20,31H2,1H3,(H,32,35);2-7,10-14,17,19,26,29-30H,8-9,15-16,28H2,1H3,(H,31,34);2-7,10-14,18,24,29H,8-9,15-16,27H2,1H3,(H,30,33). The molecule has 0 bridgehead atoms. The number of H-pyrrole nitrogens is 1. The minimum absolute atomic E-state index is 0.00391. The SMILES string of the molecule is Cc1cc(C(=O)Nc2cccc(C(=CCC3CC3)c3ccccc3)c2)n(-c2cccc(CN)c2)n1.Cc1cc(C(=O)Nc2cccc(C(NCC3CC3)c3cc[nH]c3)c2)n(-c2cccc(CN)c2)n1.Cc1cc(C(=O)Nc2cccc(C(NCC3CC3)c3nccs3)c2)n(-c2cccc(CN)c2)n1.Cc1cc(C(=O)Nc2cccc(C(O)(CCC3CC3)c3ccccc3)c2)n(-c2cccc(CN)c2)n1. The van der Waals surface area contributed by atoms with Crippen LogP contribution in [0.1, 0.15) is 214 Å². The molecular weight excluding hydrogens is 1750 g/mol. The number of anilines is 4. The van der Waals surface area contributed by atoms with Gasteiger partial charge in [-0.3, -0.25) is 19.2 Å². The van der Waals surface area contributed by atoms with Crippen LogP contribution in [-0.4, -0.2) is 90.9 Å². The van der Waals surface area contributed by atoms with Gasteiger partial charge in [0.05, 0.1) is 57.6 Å². The summed E-state index contributed by atoms with van der Waals surface area (Å²) < 4.78 is 6.67. The van der Waals surface area contributed by atoms with Crippen LogP contribution in [0, 0.1) is 51.4 Å². The number of hydrogen-bond donors (Lipinski definition) is 12. The number of aromatic nitrogens is 10. The number of thiazole rings is 1. The van der Waals surface area contributed by atoms with Crippen LogP contribution in [0.4, 0.5) is 22.7 Å². The van der Waals surface area contributed by atoms with E-state index in [0.29, 0.717) is 67.0 Å². The van der Waals surface area contributed by atoms with E-state index in [4.69, 9.17) is 22.9 Å². The lowest BCUT2D eigenvalue weighted by atomic mass is 9.82. The maximum Gasteiger partial charge on any atom is 0.274 e. The summed E-state index contributed by atoms with van der Waals surface area (Å²) in [5, 5.41) is 52.7. The fourth-order valence-electron chi connectivity index (χ4n) is 17.2. The number of amides is 4. The molecule has 4 aliphatic rings. The number of nitrogens with zero attached hydrogens (tertiary/aromatic N) is 9. The molecule has 0 radical (unpaired) electrons. The molecular formula is C113H120N20O5S. The van der Waals surface area contributed by atoms with Gasteiger partial charge < -0.3 is 64.9 Å². The van der Waals surface area contributed by atoms with Crippen molar-refractivity contribution in [3.63, 3.8) is 0 Å². The molecule has 16 aromatic rings. The molecule has 20 rings (SSSR count). The van der Waals surface area contributed by atoms with Gasteiger partial charge in [-0.05, 0) is 316 Å². The minimum Gasteiger partial charge on any atom is -0.380 e. The zero-order valence-corrected chi connectivity index (χ0v) is 79.6. The molecule has 4 amide bonds. The summed E-state index contributed by atoms with van der Waals surface area (Å²) in [4.78, 5) is 61.0. The van der Waals surface area contributed by atoms with Crippen LogP contribution in [-0.2, 0) is 31.8 Å². The number of carbonyl (C=O) groups excluding carboxylic acids is 4. The Morgan fingerprint density at radius 3 is 1.20 bits per heavy atom. The van der Waals surface area contributed by atoms with Gasteiger partial charge >= 0.3 is 0 Å². The summed E-state index contributed by atoms with van der Waals surface area (Å²) in [5.41, 5.74) is 45.5. The lowest BCUT2D eigenvalue weighted by molar-refractivity contribution is 0.0670. The maximum absolute atomic E-state index is 13.4. The normalized spacial score (nSPS) is 14.2. The van der Waals surface area contributed by atoms with Gasteiger partial charge in [0.25, 0.3) is 23.6 Å². The van der Waals surface area contributed by atoms with Gasteiger partial charge in [-0.2, -0.15) is 20.4 Å². The first kappa shape index (κ1) is 96.0. The van der Waals surface area contributed by atoms with Gasteiger partial charge in [-0.25, -0.2) is 23.7 Å². The number of aromatic amines is 1. The van der Waals surface area contributed by atoms with Crippen LogP contribution in [0.25, 0.3) is 28.3 Å². The van der Waals surface area contributed by atoms with Crippen molar-refractivity contribution in [3.8, 4) is 22.7 Å². The number of carbonyl (C=O) groups is 4. The van der Waals surface area contributed by atoms with Gasteiger partial charge in [-0.1, -0.05) is 177 Å². The average molecular weight is 1870 g/mol. The van der Waals surface area contributed by atoms with E-state index in [1.807, 2.05) is 264 Å².